The van der Waals surface area contributed by atoms with Gasteiger partial charge in [0, 0.05) is 5.56 Å². The molecule has 1 N–H and O–H groups in total. The van der Waals surface area contributed by atoms with Crippen molar-refractivity contribution in [1.29, 1.82) is 5.26 Å². The fourth-order valence-corrected chi connectivity index (χ4v) is 2.32. The number of carbonyl (C=O) groups excluding carboxylic acids is 1. The van der Waals surface area contributed by atoms with E-state index in [9.17, 15) is 4.79 Å². The van der Waals surface area contributed by atoms with Gasteiger partial charge in [-0.15, -0.1) is 0 Å². The van der Waals surface area contributed by atoms with Crippen LogP contribution in [0, 0.1) is 18.3 Å². The second kappa shape index (κ2) is 7.33. The molecule has 25 heavy (non-hydrogen) atoms. The summed E-state index contributed by atoms with van der Waals surface area (Å²) in [5, 5.41) is 11.8. The molecule has 0 spiro atoms. The number of rotatable bonds is 4. The highest BCUT2D eigenvalue weighted by Crippen LogP contribution is 2.29. The number of carbonyl (C=O) groups is 1. The first-order valence-corrected chi connectivity index (χ1v) is 7.81. The molecule has 122 valence electrons. The largest absolute Gasteiger partial charge is 0.455 e. The van der Waals surface area contributed by atoms with Gasteiger partial charge in [-0.3, -0.25) is 4.79 Å². The lowest BCUT2D eigenvalue weighted by Crippen LogP contribution is -2.12. The molecule has 4 heteroatoms. The Morgan fingerprint density at radius 3 is 2.52 bits per heavy atom. The maximum atomic E-state index is 12.5. The highest BCUT2D eigenvalue weighted by molar-refractivity contribution is 6.05. The Morgan fingerprint density at radius 1 is 1.00 bits per heavy atom. The first-order valence-electron chi connectivity index (χ1n) is 7.81. The van der Waals surface area contributed by atoms with E-state index < -0.39 is 0 Å². The van der Waals surface area contributed by atoms with Gasteiger partial charge in [0.2, 0.25) is 0 Å². The predicted octanol–water partition coefficient (Wildman–Crippen LogP) is 4.91. The lowest BCUT2D eigenvalue weighted by atomic mass is 10.1. The number of para-hydroxylation sites is 2. The smallest absolute Gasteiger partial charge is 0.255 e. The molecule has 0 aliphatic carbocycles. The van der Waals surface area contributed by atoms with Gasteiger partial charge in [-0.2, -0.15) is 5.26 Å². The Kier molecular flexibility index (Phi) is 4.77. The second-order valence-corrected chi connectivity index (χ2v) is 5.56. The summed E-state index contributed by atoms with van der Waals surface area (Å²) in [5.41, 5.74) is 2.57. The summed E-state index contributed by atoms with van der Waals surface area (Å²) in [6.07, 6.45) is 0. The number of nitrogens with one attached hydrogen (secondary N) is 1. The van der Waals surface area contributed by atoms with Gasteiger partial charge in [0.25, 0.3) is 5.91 Å². The molecule has 3 rings (SSSR count). The standard InChI is InChI=1S/C21H16N2O2/c1-15-9-11-18(12-10-15)25-20-8-3-2-7-19(20)23-21(24)17-6-4-5-16(13-17)14-22/h2-13H,1H3,(H,23,24). The number of amides is 1. The van der Waals surface area contributed by atoms with E-state index in [2.05, 4.69) is 5.32 Å². The molecule has 0 saturated carbocycles. The molecular formula is C21H16N2O2. The van der Waals surface area contributed by atoms with Crippen molar-refractivity contribution in [3.05, 3.63) is 89.5 Å². The Hall–Kier alpha value is -3.58. The van der Waals surface area contributed by atoms with E-state index in [-0.39, 0.29) is 5.91 Å². The summed E-state index contributed by atoms with van der Waals surface area (Å²) >= 11 is 0. The minimum atomic E-state index is -0.294. The minimum absolute atomic E-state index is 0.294. The fraction of sp³-hybridized carbons (Fsp3) is 0.0476. The van der Waals surface area contributed by atoms with Crippen LogP contribution in [0.5, 0.6) is 11.5 Å². The number of anilines is 1. The molecule has 4 nitrogen and oxygen atoms in total. The number of hydrogen-bond donors (Lipinski definition) is 1. The minimum Gasteiger partial charge on any atom is -0.455 e. The van der Waals surface area contributed by atoms with E-state index >= 15 is 0 Å². The number of aryl methyl sites for hydroxylation is 1. The van der Waals surface area contributed by atoms with Crippen molar-refractivity contribution in [2.75, 3.05) is 5.32 Å². The van der Waals surface area contributed by atoms with Crippen LogP contribution in [0.3, 0.4) is 0 Å². The molecule has 0 unspecified atom stereocenters. The summed E-state index contributed by atoms with van der Waals surface area (Å²) in [6.45, 7) is 2.01. The normalized spacial score (nSPS) is 9.92. The van der Waals surface area contributed by atoms with Crippen LogP contribution in [0.15, 0.2) is 72.8 Å². The van der Waals surface area contributed by atoms with E-state index in [0.29, 0.717) is 28.3 Å². The summed E-state index contributed by atoms with van der Waals surface area (Å²) in [6, 6.07) is 23.5. The maximum Gasteiger partial charge on any atom is 0.255 e. The van der Waals surface area contributed by atoms with Crippen molar-refractivity contribution in [3.63, 3.8) is 0 Å². The summed E-state index contributed by atoms with van der Waals surface area (Å²) in [4.78, 5) is 12.5. The molecule has 0 bridgehead atoms. The molecule has 1 amide bonds. The zero-order valence-electron chi connectivity index (χ0n) is 13.7. The molecule has 0 heterocycles. The van der Waals surface area contributed by atoms with E-state index in [1.54, 1.807) is 36.4 Å². The molecule has 0 aliphatic rings. The summed E-state index contributed by atoms with van der Waals surface area (Å²) in [5.74, 6) is 0.951. The Labute approximate surface area is 146 Å². The molecule has 0 fully saturated rings. The SMILES string of the molecule is Cc1ccc(Oc2ccccc2NC(=O)c2cccc(C#N)c2)cc1. The highest BCUT2D eigenvalue weighted by Gasteiger charge is 2.11. The number of nitrogens with zero attached hydrogens (tertiary/aromatic N) is 1. The van der Waals surface area contributed by atoms with Gasteiger partial charge in [0.15, 0.2) is 5.75 Å². The Bertz CT molecular complexity index is 941. The molecule has 0 aliphatic heterocycles. The van der Waals surface area contributed by atoms with Gasteiger partial charge in [-0.05, 0) is 49.4 Å². The lowest BCUT2D eigenvalue weighted by molar-refractivity contribution is 0.102. The van der Waals surface area contributed by atoms with E-state index in [0.717, 1.165) is 5.56 Å². The van der Waals surface area contributed by atoms with Crippen molar-refractivity contribution < 1.29 is 9.53 Å². The fourth-order valence-electron chi connectivity index (χ4n) is 2.32. The van der Waals surface area contributed by atoms with Gasteiger partial charge in [-0.1, -0.05) is 35.9 Å². The van der Waals surface area contributed by atoms with Crippen LogP contribution < -0.4 is 10.1 Å². The molecule has 0 radical (unpaired) electrons. The van der Waals surface area contributed by atoms with Crippen LogP contribution in [0.1, 0.15) is 21.5 Å². The molecular weight excluding hydrogens is 312 g/mol. The molecule has 0 aromatic heterocycles. The van der Waals surface area contributed by atoms with Crippen LogP contribution in [0.25, 0.3) is 0 Å². The molecule has 0 saturated heterocycles. The van der Waals surface area contributed by atoms with Gasteiger partial charge in [0.1, 0.15) is 5.75 Å². The third-order valence-corrected chi connectivity index (χ3v) is 3.64. The van der Waals surface area contributed by atoms with Gasteiger partial charge >= 0.3 is 0 Å². The van der Waals surface area contributed by atoms with Gasteiger partial charge in [0.05, 0.1) is 17.3 Å². The molecule has 3 aromatic carbocycles. The quantitative estimate of drug-likeness (QED) is 0.740. The Morgan fingerprint density at radius 2 is 1.76 bits per heavy atom. The highest BCUT2D eigenvalue weighted by atomic mass is 16.5. The topological polar surface area (TPSA) is 62.1 Å². The average molecular weight is 328 g/mol. The van der Waals surface area contributed by atoms with Crippen LogP contribution in [0.4, 0.5) is 5.69 Å². The predicted molar refractivity (Wildman–Crippen MR) is 96.8 cm³/mol. The van der Waals surface area contributed by atoms with Crippen molar-refractivity contribution in [2.45, 2.75) is 6.92 Å². The summed E-state index contributed by atoms with van der Waals surface area (Å²) in [7, 11) is 0. The van der Waals surface area contributed by atoms with Crippen LogP contribution in [-0.4, -0.2) is 5.91 Å². The van der Waals surface area contributed by atoms with Crippen LogP contribution in [-0.2, 0) is 0 Å². The summed E-state index contributed by atoms with van der Waals surface area (Å²) < 4.78 is 5.88. The third kappa shape index (κ3) is 4.04. The molecule has 0 atom stereocenters. The first-order chi connectivity index (χ1) is 12.2. The van der Waals surface area contributed by atoms with Crippen LogP contribution >= 0.6 is 0 Å². The number of ether oxygens (including phenoxy) is 1. The maximum absolute atomic E-state index is 12.5. The second-order valence-electron chi connectivity index (χ2n) is 5.56. The third-order valence-electron chi connectivity index (χ3n) is 3.64. The number of hydrogen-bond acceptors (Lipinski definition) is 3. The van der Waals surface area contributed by atoms with E-state index in [4.69, 9.17) is 10.00 Å². The van der Waals surface area contributed by atoms with E-state index in [1.807, 2.05) is 49.4 Å². The van der Waals surface area contributed by atoms with E-state index in [1.165, 1.54) is 0 Å². The number of benzene rings is 3. The van der Waals surface area contributed by atoms with Crippen molar-refractivity contribution in [1.82, 2.24) is 0 Å². The Balaban J connectivity index is 1.82. The van der Waals surface area contributed by atoms with Crippen LogP contribution in [0.2, 0.25) is 0 Å². The molecule has 3 aromatic rings. The first kappa shape index (κ1) is 16.3. The van der Waals surface area contributed by atoms with Gasteiger partial charge < -0.3 is 10.1 Å². The lowest BCUT2D eigenvalue weighted by Gasteiger charge is -2.12. The average Bonchev–Trinajstić information content (AvgIpc) is 2.65. The van der Waals surface area contributed by atoms with Crippen molar-refractivity contribution in [2.24, 2.45) is 0 Å². The van der Waals surface area contributed by atoms with Crippen molar-refractivity contribution in [3.8, 4) is 17.6 Å². The zero-order chi connectivity index (χ0) is 17.6. The van der Waals surface area contributed by atoms with Crippen molar-refractivity contribution >= 4 is 11.6 Å². The van der Waals surface area contributed by atoms with Gasteiger partial charge in [-0.25, -0.2) is 0 Å². The monoisotopic (exact) mass is 328 g/mol. The number of nitriles is 1. The zero-order valence-corrected chi connectivity index (χ0v) is 13.7.